The minimum absolute atomic E-state index is 0.0416. The number of carboxylic acids is 1. The molecular formula is C24H25NO5. The summed E-state index contributed by atoms with van der Waals surface area (Å²) in [7, 11) is 1.69. The fourth-order valence-electron chi connectivity index (χ4n) is 3.18. The molecule has 156 valence electrons. The summed E-state index contributed by atoms with van der Waals surface area (Å²) < 4.78 is 0. The van der Waals surface area contributed by atoms with E-state index in [1.54, 1.807) is 38.2 Å². The number of phenolic OH excluding ortho intramolecular Hbond substituents is 1. The fourth-order valence-corrected chi connectivity index (χ4v) is 3.18. The van der Waals surface area contributed by atoms with Gasteiger partial charge in [0, 0.05) is 30.0 Å². The number of carbonyl (C=O) groups is 2. The number of ketones is 1. The van der Waals surface area contributed by atoms with Gasteiger partial charge >= 0.3 is 5.97 Å². The summed E-state index contributed by atoms with van der Waals surface area (Å²) in [5, 5.41) is 32.9. The molecule has 3 rings (SSSR count). The number of allylic oxidation sites excluding steroid dienone is 3. The molecule has 2 aromatic carbocycles. The number of benzene rings is 2. The monoisotopic (exact) mass is 407 g/mol. The smallest absolute Gasteiger partial charge is 0.336 e. The highest BCUT2D eigenvalue weighted by atomic mass is 16.4. The van der Waals surface area contributed by atoms with Crippen LogP contribution >= 0.6 is 0 Å². The van der Waals surface area contributed by atoms with Crippen LogP contribution in [0.25, 0.3) is 5.57 Å². The maximum atomic E-state index is 11.9. The molecule has 0 amide bonds. The largest absolute Gasteiger partial charge is 0.508 e. The van der Waals surface area contributed by atoms with E-state index in [0.29, 0.717) is 33.5 Å². The molecule has 0 bridgehead atoms. The van der Waals surface area contributed by atoms with Crippen molar-refractivity contribution < 1.29 is 24.9 Å². The molecule has 0 saturated heterocycles. The molecule has 4 N–H and O–H groups in total. The zero-order valence-electron chi connectivity index (χ0n) is 17.4. The van der Waals surface area contributed by atoms with Gasteiger partial charge in [-0.25, -0.2) is 4.79 Å². The SMILES string of the molecule is CC.CNc1ccc(/C(=C2\C=CC(=O)C=C2O)c2ccc(O)cc2C)c(C(=O)O)c1. The van der Waals surface area contributed by atoms with E-state index in [1.807, 2.05) is 13.8 Å². The van der Waals surface area contributed by atoms with Gasteiger partial charge < -0.3 is 20.6 Å². The first-order valence-corrected chi connectivity index (χ1v) is 9.54. The Morgan fingerprint density at radius 1 is 0.933 bits per heavy atom. The van der Waals surface area contributed by atoms with Crippen molar-refractivity contribution in [2.45, 2.75) is 20.8 Å². The van der Waals surface area contributed by atoms with Crippen molar-refractivity contribution >= 4 is 23.0 Å². The molecule has 30 heavy (non-hydrogen) atoms. The second kappa shape index (κ2) is 9.60. The molecule has 0 heterocycles. The minimum atomic E-state index is -1.12. The summed E-state index contributed by atoms with van der Waals surface area (Å²) in [4.78, 5) is 23.5. The van der Waals surface area contributed by atoms with Crippen LogP contribution < -0.4 is 5.32 Å². The third-order valence-corrected chi connectivity index (χ3v) is 4.53. The van der Waals surface area contributed by atoms with Crippen LogP contribution in [0, 0.1) is 6.92 Å². The molecule has 0 spiro atoms. The van der Waals surface area contributed by atoms with Gasteiger partial charge in [0.1, 0.15) is 11.5 Å². The molecule has 0 fully saturated rings. The van der Waals surface area contributed by atoms with E-state index in [2.05, 4.69) is 5.32 Å². The zero-order valence-corrected chi connectivity index (χ0v) is 17.4. The Morgan fingerprint density at radius 2 is 1.60 bits per heavy atom. The van der Waals surface area contributed by atoms with Gasteiger partial charge in [0.05, 0.1) is 5.56 Å². The number of phenols is 1. The van der Waals surface area contributed by atoms with Gasteiger partial charge in [-0.15, -0.1) is 0 Å². The topological polar surface area (TPSA) is 107 Å². The normalized spacial score (nSPS) is 14.4. The summed E-state index contributed by atoms with van der Waals surface area (Å²) in [6.45, 7) is 5.77. The summed E-state index contributed by atoms with van der Waals surface area (Å²) in [5.74, 6) is -1.65. The summed E-state index contributed by atoms with van der Waals surface area (Å²) >= 11 is 0. The van der Waals surface area contributed by atoms with Crippen LogP contribution in [-0.4, -0.2) is 34.1 Å². The second-order valence-corrected chi connectivity index (χ2v) is 6.37. The van der Waals surface area contributed by atoms with Crippen LogP contribution in [-0.2, 0) is 4.79 Å². The van der Waals surface area contributed by atoms with Gasteiger partial charge in [-0.3, -0.25) is 4.79 Å². The molecule has 0 unspecified atom stereocenters. The third-order valence-electron chi connectivity index (χ3n) is 4.53. The van der Waals surface area contributed by atoms with Crippen LogP contribution in [0.3, 0.4) is 0 Å². The number of aliphatic hydroxyl groups is 1. The highest BCUT2D eigenvalue weighted by Gasteiger charge is 2.23. The molecule has 1 aliphatic carbocycles. The number of aromatic hydroxyl groups is 1. The molecular weight excluding hydrogens is 382 g/mol. The van der Waals surface area contributed by atoms with E-state index in [9.17, 15) is 24.9 Å². The van der Waals surface area contributed by atoms with E-state index in [0.717, 1.165) is 6.08 Å². The quantitative estimate of drug-likeness (QED) is 0.577. The number of carboxylic acid groups (broad SMARTS) is 1. The third kappa shape index (κ3) is 4.60. The highest BCUT2D eigenvalue weighted by Crippen LogP contribution is 2.37. The van der Waals surface area contributed by atoms with Crippen molar-refractivity contribution in [3.8, 4) is 5.75 Å². The van der Waals surface area contributed by atoms with Crippen LogP contribution in [0.1, 0.15) is 40.9 Å². The molecule has 0 aliphatic heterocycles. The molecule has 6 heteroatoms. The Balaban J connectivity index is 0.00000155. The Bertz CT molecular complexity index is 1080. The predicted octanol–water partition coefficient (Wildman–Crippen LogP) is 4.85. The van der Waals surface area contributed by atoms with Crippen molar-refractivity contribution in [2.24, 2.45) is 0 Å². The molecule has 0 atom stereocenters. The first-order valence-electron chi connectivity index (χ1n) is 9.54. The maximum absolute atomic E-state index is 11.9. The fraction of sp³-hybridized carbons (Fsp3) is 0.167. The lowest BCUT2D eigenvalue weighted by molar-refractivity contribution is -0.110. The lowest BCUT2D eigenvalue weighted by Gasteiger charge is -2.19. The van der Waals surface area contributed by atoms with Crippen LogP contribution in [0.2, 0.25) is 0 Å². The predicted molar refractivity (Wildman–Crippen MR) is 118 cm³/mol. The number of aryl methyl sites for hydroxylation is 1. The Morgan fingerprint density at radius 3 is 2.17 bits per heavy atom. The lowest BCUT2D eigenvalue weighted by Crippen LogP contribution is -2.08. The summed E-state index contributed by atoms with van der Waals surface area (Å²) in [5.41, 5.74) is 3.15. The van der Waals surface area contributed by atoms with Crippen LogP contribution in [0.4, 0.5) is 5.69 Å². The molecule has 6 nitrogen and oxygen atoms in total. The highest BCUT2D eigenvalue weighted by molar-refractivity contribution is 6.05. The molecule has 0 saturated carbocycles. The molecule has 0 radical (unpaired) electrons. The summed E-state index contributed by atoms with van der Waals surface area (Å²) in [6, 6.07) is 9.59. The molecule has 1 aliphatic rings. The molecule has 2 aromatic rings. The van der Waals surface area contributed by atoms with Crippen molar-refractivity contribution in [1.82, 2.24) is 0 Å². The van der Waals surface area contributed by atoms with Crippen molar-refractivity contribution in [2.75, 3.05) is 12.4 Å². The number of aromatic carboxylic acids is 1. The van der Waals surface area contributed by atoms with Gasteiger partial charge in [-0.05, 0) is 60.0 Å². The standard InChI is InChI=1S/C22H19NO5.C2H6/c1-12-9-14(24)4-7-16(12)21(18-8-5-15(25)11-20(18)26)17-6-3-13(23-2)10-19(17)22(27)28;1-2/h3-11,23-24,26H,1-2H3,(H,27,28);1-2H3/b21-18+;. The van der Waals surface area contributed by atoms with Gasteiger partial charge in [0.25, 0.3) is 0 Å². The lowest BCUT2D eigenvalue weighted by atomic mass is 9.85. The Hall–Kier alpha value is -3.80. The number of hydrogen-bond donors (Lipinski definition) is 4. The van der Waals surface area contributed by atoms with Gasteiger partial charge in [-0.1, -0.05) is 26.0 Å². The average Bonchev–Trinajstić information content (AvgIpc) is 2.72. The van der Waals surface area contributed by atoms with Gasteiger partial charge in [-0.2, -0.15) is 0 Å². The van der Waals surface area contributed by atoms with E-state index >= 15 is 0 Å². The van der Waals surface area contributed by atoms with Crippen molar-refractivity contribution in [3.05, 3.63) is 88.2 Å². The van der Waals surface area contributed by atoms with Gasteiger partial charge in [0.2, 0.25) is 0 Å². The summed E-state index contributed by atoms with van der Waals surface area (Å²) in [6.07, 6.45) is 3.87. The minimum Gasteiger partial charge on any atom is -0.508 e. The number of hydrogen-bond acceptors (Lipinski definition) is 5. The second-order valence-electron chi connectivity index (χ2n) is 6.37. The van der Waals surface area contributed by atoms with Crippen LogP contribution in [0.5, 0.6) is 5.75 Å². The van der Waals surface area contributed by atoms with E-state index in [4.69, 9.17) is 0 Å². The number of nitrogens with one attached hydrogen (secondary N) is 1. The first-order chi connectivity index (χ1) is 14.3. The Labute approximate surface area is 175 Å². The average molecular weight is 407 g/mol. The van der Waals surface area contributed by atoms with Crippen molar-refractivity contribution in [1.29, 1.82) is 0 Å². The van der Waals surface area contributed by atoms with E-state index < -0.39 is 5.97 Å². The first kappa shape index (κ1) is 22.5. The molecule has 0 aromatic heterocycles. The number of rotatable bonds is 4. The maximum Gasteiger partial charge on any atom is 0.336 e. The zero-order chi connectivity index (χ0) is 22.4. The number of anilines is 1. The Kier molecular flexibility index (Phi) is 7.20. The van der Waals surface area contributed by atoms with E-state index in [1.165, 1.54) is 24.3 Å². The van der Waals surface area contributed by atoms with Crippen LogP contribution in [0.15, 0.2) is 66.0 Å². The number of carbonyl (C=O) groups excluding carboxylic acids is 1. The number of aliphatic hydroxyl groups excluding tert-OH is 1. The van der Waals surface area contributed by atoms with E-state index in [-0.39, 0.29) is 22.9 Å². The van der Waals surface area contributed by atoms with Crippen molar-refractivity contribution in [3.63, 3.8) is 0 Å². The van der Waals surface area contributed by atoms with Gasteiger partial charge in [0.15, 0.2) is 5.78 Å².